The molecule has 1 saturated heterocycles. The van der Waals surface area contributed by atoms with E-state index < -0.39 is 5.82 Å². The summed E-state index contributed by atoms with van der Waals surface area (Å²) >= 11 is 0. The average molecular weight is 280 g/mol. The van der Waals surface area contributed by atoms with Gasteiger partial charge in [-0.25, -0.2) is 9.18 Å². The van der Waals surface area contributed by atoms with Crippen LogP contribution in [0.15, 0.2) is 18.2 Å². The van der Waals surface area contributed by atoms with Crippen LogP contribution in [-0.2, 0) is 0 Å². The molecule has 5 heteroatoms. The molecule has 4 nitrogen and oxygen atoms in total. The number of halogens is 1. The Hall–Kier alpha value is -1.62. The molecule has 1 heterocycles. The van der Waals surface area contributed by atoms with Crippen molar-refractivity contribution in [3.8, 4) is 0 Å². The summed E-state index contributed by atoms with van der Waals surface area (Å²) in [6.45, 7) is 4.39. The molecule has 2 unspecified atom stereocenters. The minimum Gasteiger partial charge on any atom is -0.394 e. The summed E-state index contributed by atoms with van der Waals surface area (Å²) < 4.78 is 13.7. The van der Waals surface area contributed by atoms with Gasteiger partial charge in [0.2, 0.25) is 0 Å². The molecule has 1 fully saturated rings. The molecule has 0 bridgehead atoms. The molecule has 1 aliphatic rings. The number of aliphatic hydroxyl groups is 1. The van der Waals surface area contributed by atoms with Gasteiger partial charge in [0.15, 0.2) is 0 Å². The molecule has 1 aliphatic heterocycles. The number of hydrogen-bond donors (Lipinski definition) is 2. The van der Waals surface area contributed by atoms with Crippen LogP contribution in [0.3, 0.4) is 0 Å². The fourth-order valence-corrected chi connectivity index (χ4v) is 2.70. The molecule has 110 valence electrons. The molecule has 2 atom stereocenters. The number of carbonyl (C=O) groups excluding carboxylic acids is 1. The van der Waals surface area contributed by atoms with Crippen molar-refractivity contribution in [1.82, 2.24) is 4.90 Å². The van der Waals surface area contributed by atoms with Crippen LogP contribution >= 0.6 is 0 Å². The number of hydrogen-bond acceptors (Lipinski definition) is 2. The Morgan fingerprint density at radius 1 is 1.55 bits per heavy atom. The summed E-state index contributed by atoms with van der Waals surface area (Å²) in [4.78, 5) is 13.9. The van der Waals surface area contributed by atoms with E-state index in [4.69, 9.17) is 0 Å². The highest BCUT2D eigenvalue weighted by molar-refractivity contribution is 5.89. The van der Waals surface area contributed by atoms with E-state index in [1.54, 1.807) is 17.0 Å². The van der Waals surface area contributed by atoms with Crippen molar-refractivity contribution in [2.45, 2.75) is 32.7 Å². The first-order valence-electron chi connectivity index (χ1n) is 6.97. The van der Waals surface area contributed by atoms with Gasteiger partial charge in [-0.3, -0.25) is 0 Å². The number of nitrogens with zero attached hydrogens (tertiary/aromatic N) is 1. The van der Waals surface area contributed by atoms with Crippen molar-refractivity contribution in [3.05, 3.63) is 29.6 Å². The van der Waals surface area contributed by atoms with E-state index in [1.165, 1.54) is 6.07 Å². The van der Waals surface area contributed by atoms with E-state index in [1.807, 2.05) is 13.8 Å². The average Bonchev–Trinajstić information content (AvgIpc) is 2.42. The van der Waals surface area contributed by atoms with Gasteiger partial charge in [-0.15, -0.1) is 0 Å². The molecule has 1 aromatic carbocycles. The zero-order valence-corrected chi connectivity index (χ0v) is 11.9. The predicted molar refractivity (Wildman–Crippen MR) is 76.1 cm³/mol. The predicted octanol–water partition coefficient (Wildman–Crippen LogP) is 2.76. The standard InChI is InChI=1S/C15H21FN2O2/c1-10-5-6-12(16)13(8-10)17-15(20)18-7-3-4-11(2)14(18)9-19/h5-6,8,11,14,19H,3-4,7,9H2,1-2H3,(H,17,20). The number of aliphatic hydroxyl groups excluding tert-OH is 1. The van der Waals surface area contributed by atoms with Crippen LogP contribution in [-0.4, -0.2) is 35.2 Å². The molecule has 2 rings (SSSR count). The molecule has 0 saturated carbocycles. The molecular weight excluding hydrogens is 259 g/mol. The van der Waals surface area contributed by atoms with Gasteiger partial charge in [0.05, 0.1) is 18.3 Å². The lowest BCUT2D eigenvalue weighted by atomic mass is 9.91. The van der Waals surface area contributed by atoms with Gasteiger partial charge in [-0.1, -0.05) is 13.0 Å². The largest absolute Gasteiger partial charge is 0.394 e. The maximum Gasteiger partial charge on any atom is 0.322 e. The minimum atomic E-state index is -0.449. The minimum absolute atomic E-state index is 0.0646. The zero-order chi connectivity index (χ0) is 14.7. The van der Waals surface area contributed by atoms with Gasteiger partial charge >= 0.3 is 6.03 Å². The van der Waals surface area contributed by atoms with Gasteiger partial charge in [0.1, 0.15) is 5.82 Å². The fraction of sp³-hybridized carbons (Fsp3) is 0.533. The van der Waals surface area contributed by atoms with Gasteiger partial charge in [0.25, 0.3) is 0 Å². The monoisotopic (exact) mass is 280 g/mol. The molecule has 0 radical (unpaired) electrons. The third kappa shape index (κ3) is 3.10. The summed E-state index contributed by atoms with van der Waals surface area (Å²) in [5, 5.41) is 12.1. The third-order valence-corrected chi connectivity index (χ3v) is 3.93. The van der Waals surface area contributed by atoms with Gasteiger partial charge in [-0.05, 0) is 43.4 Å². The first kappa shape index (κ1) is 14.8. The Balaban J connectivity index is 2.12. The zero-order valence-electron chi connectivity index (χ0n) is 11.9. The van der Waals surface area contributed by atoms with Crippen LogP contribution in [0.2, 0.25) is 0 Å². The first-order valence-corrected chi connectivity index (χ1v) is 6.97. The highest BCUT2D eigenvalue weighted by Crippen LogP contribution is 2.24. The number of amides is 2. The second-order valence-corrected chi connectivity index (χ2v) is 5.48. The van der Waals surface area contributed by atoms with Crippen molar-refractivity contribution in [2.24, 2.45) is 5.92 Å². The Morgan fingerprint density at radius 3 is 3.00 bits per heavy atom. The van der Waals surface area contributed by atoms with Crippen LogP contribution in [0.25, 0.3) is 0 Å². The lowest BCUT2D eigenvalue weighted by Crippen LogP contribution is -2.51. The topological polar surface area (TPSA) is 52.6 Å². The van der Waals surface area contributed by atoms with Crippen LogP contribution in [0.5, 0.6) is 0 Å². The fourth-order valence-electron chi connectivity index (χ4n) is 2.70. The smallest absolute Gasteiger partial charge is 0.322 e. The summed E-state index contributed by atoms with van der Waals surface area (Å²) in [5.74, 6) is -0.198. The lowest BCUT2D eigenvalue weighted by Gasteiger charge is -2.38. The molecular formula is C15H21FN2O2. The SMILES string of the molecule is Cc1ccc(F)c(NC(=O)N2CCCC(C)C2CO)c1. The van der Waals surface area contributed by atoms with E-state index in [2.05, 4.69) is 5.32 Å². The molecule has 0 aromatic heterocycles. The van der Waals surface area contributed by atoms with Gasteiger partial charge in [0, 0.05) is 6.54 Å². The maximum atomic E-state index is 13.7. The Morgan fingerprint density at radius 2 is 2.30 bits per heavy atom. The van der Waals surface area contributed by atoms with E-state index in [-0.39, 0.29) is 30.3 Å². The normalized spacial score (nSPS) is 22.7. The van der Waals surface area contributed by atoms with Crippen molar-refractivity contribution < 1.29 is 14.3 Å². The third-order valence-electron chi connectivity index (χ3n) is 3.93. The summed E-state index contributed by atoms with van der Waals surface area (Å²) in [6.07, 6.45) is 1.90. The number of likely N-dealkylation sites (tertiary alicyclic amines) is 1. The van der Waals surface area contributed by atoms with Crippen molar-refractivity contribution in [3.63, 3.8) is 0 Å². The second-order valence-electron chi connectivity index (χ2n) is 5.48. The quantitative estimate of drug-likeness (QED) is 0.875. The van der Waals surface area contributed by atoms with E-state index in [0.717, 1.165) is 18.4 Å². The van der Waals surface area contributed by atoms with E-state index in [9.17, 15) is 14.3 Å². The highest BCUT2D eigenvalue weighted by atomic mass is 19.1. The highest BCUT2D eigenvalue weighted by Gasteiger charge is 2.31. The van der Waals surface area contributed by atoms with Crippen molar-refractivity contribution in [1.29, 1.82) is 0 Å². The van der Waals surface area contributed by atoms with Gasteiger partial charge < -0.3 is 15.3 Å². The Kier molecular flexibility index (Phi) is 4.60. The number of carbonyl (C=O) groups is 1. The number of nitrogens with one attached hydrogen (secondary N) is 1. The summed E-state index contributed by atoms with van der Waals surface area (Å²) in [6, 6.07) is 4.06. The van der Waals surface area contributed by atoms with E-state index in [0.29, 0.717) is 6.54 Å². The Bertz CT molecular complexity index is 493. The van der Waals surface area contributed by atoms with Gasteiger partial charge in [-0.2, -0.15) is 0 Å². The number of piperidine rings is 1. The maximum absolute atomic E-state index is 13.7. The molecule has 2 amide bonds. The van der Waals surface area contributed by atoms with Crippen LogP contribution in [0.1, 0.15) is 25.3 Å². The summed E-state index contributed by atoms with van der Waals surface area (Å²) in [5.41, 5.74) is 1.07. The van der Waals surface area contributed by atoms with Crippen molar-refractivity contribution in [2.75, 3.05) is 18.5 Å². The number of rotatable bonds is 2. The molecule has 20 heavy (non-hydrogen) atoms. The van der Waals surface area contributed by atoms with E-state index >= 15 is 0 Å². The lowest BCUT2D eigenvalue weighted by molar-refractivity contribution is 0.0811. The van der Waals surface area contributed by atoms with Crippen molar-refractivity contribution >= 4 is 11.7 Å². The molecule has 0 spiro atoms. The number of anilines is 1. The van der Waals surface area contributed by atoms with Crippen LogP contribution in [0.4, 0.5) is 14.9 Å². The first-order chi connectivity index (χ1) is 9.52. The van der Waals surface area contributed by atoms with Crippen LogP contribution < -0.4 is 5.32 Å². The number of aryl methyl sites for hydroxylation is 1. The number of benzene rings is 1. The molecule has 1 aromatic rings. The Labute approximate surface area is 118 Å². The molecule has 0 aliphatic carbocycles. The number of urea groups is 1. The molecule has 2 N–H and O–H groups in total. The second kappa shape index (κ2) is 6.22. The van der Waals surface area contributed by atoms with Crippen LogP contribution in [0, 0.1) is 18.7 Å². The summed E-state index contributed by atoms with van der Waals surface area (Å²) in [7, 11) is 0.